The third-order valence-electron chi connectivity index (χ3n) is 6.31. The molecule has 2 heterocycles. The Morgan fingerprint density at radius 2 is 1.56 bits per heavy atom. The van der Waals surface area contributed by atoms with Crippen molar-refractivity contribution in [2.75, 3.05) is 6.54 Å². The second-order valence-electron chi connectivity index (χ2n) is 8.61. The maximum Gasteiger partial charge on any atom is 0.209 e. The first-order chi connectivity index (χ1) is 12.9. The first-order valence-corrected chi connectivity index (χ1v) is 9.95. The number of hydrogen-bond acceptors (Lipinski definition) is 0. The van der Waals surface area contributed by atoms with Crippen molar-refractivity contribution in [3.8, 4) is 0 Å². The summed E-state index contributed by atoms with van der Waals surface area (Å²) in [7, 11) is 0. The molecule has 2 aliphatic rings. The van der Waals surface area contributed by atoms with E-state index in [0.717, 1.165) is 6.54 Å². The summed E-state index contributed by atoms with van der Waals surface area (Å²) in [4.78, 5) is 0. The second kappa shape index (κ2) is 6.31. The van der Waals surface area contributed by atoms with Crippen LogP contribution in [0.15, 0.2) is 72.5 Å². The summed E-state index contributed by atoms with van der Waals surface area (Å²) in [6.45, 7) is 12.5. The van der Waals surface area contributed by atoms with Crippen molar-refractivity contribution in [2.45, 2.75) is 45.4 Å². The molecular weight excluding hydrogens is 328 g/mol. The van der Waals surface area contributed by atoms with Crippen molar-refractivity contribution in [2.24, 2.45) is 0 Å². The summed E-state index contributed by atoms with van der Waals surface area (Å²) in [6, 6.07) is 17.5. The molecule has 2 nitrogen and oxygen atoms in total. The number of fused-ring (bicyclic) bond motifs is 2. The van der Waals surface area contributed by atoms with E-state index in [1.807, 2.05) is 0 Å². The number of para-hydroxylation sites is 2. The molecule has 0 aromatic heterocycles. The van der Waals surface area contributed by atoms with Gasteiger partial charge in [-0.15, -0.1) is 0 Å². The van der Waals surface area contributed by atoms with Crippen molar-refractivity contribution >= 4 is 17.1 Å². The van der Waals surface area contributed by atoms with E-state index in [1.54, 1.807) is 0 Å². The lowest BCUT2D eigenvalue weighted by atomic mass is 9.81. The van der Waals surface area contributed by atoms with Gasteiger partial charge < -0.3 is 0 Å². The van der Waals surface area contributed by atoms with Gasteiger partial charge in [-0.05, 0) is 46.8 Å². The SMILES string of the molecule is CC[N+]1=C(/C=C/C=C2/[NH2+]c3ccccc3C2(C)C)C(C)(C)c2ccccc21. The molecule has 0 spiro atoms. The van der Waals surface area contributed by atoms with E-state index in [0.29, 0.717) is 0 Å². The molecule has 0 amide bonds. The molecule has 0 radical (unpaired) electrons. The molecule has 138 valence electrons. The average Bonchev–Trinajstić information content (AvgIpc) is 3.04. The van der Waals surface area contributed by atoms with Gasteiger partial charge in [-0.2, -0.15) is 4.58 Å². The average molecular weight is 359 g/mol. The number of quaternary nitrogens is 1. The van der Waals surface area contributed by atoms with Crippen LogP contribution in [0.25, 0.3) is 0 Å². The van der Waals surface area contributed by atoms with Crippen molar-refractivity contribution in [1.29, 1.82) is 0 Å². The number of nitrogens with zero attached hydrogens (tertiary/aromatic N) is 1. The minimum Gasteiger partial charge on any atom is -0.284 e. The van der Waals surface area contributed by atoms with Crippen LogP contribution in [0.5, 0.6) is 0 Å². The highest BCUT2D eigenvalue weighted by molar-refractivity contribution is 6.03. The molecule has 4 rings (SSSR count). The number of nitrogens with two attached hydrogens (primary N) is 1. The predicted molar refractivity (Wildman–Crippen MR) is 113 cm³/mol. The quantitative estimate of drug-likeness (QED) is 0.606. The van der Waals surface area contributed by atoms with Gasteiger partial charge in [0, 0.05) is 23.3 Å². The molecule has 2 aromatic rings. The van der Waals surface area contributed by atoms with Gasteiger partial charge in [0.25, 0.3) is 0 Å². The topological polar surface area (TPSA) is 19.6 Å². The molecule has 0 saturated carbocycles. The number of benzene rings is 2. The predicted octanol–water partition coefficient (Wildman–Crippen LogP) is 4.71. The minimum absolute atomic E-state index is 0.0273. The first-order valence-electron chi connectivity index (χ1n) is 9.95. The highest BCUT2D eigenvalue weighted by atomic mass is 15.0. The summed E-state index contributed by atoms with van der Waals surface area (Å²) in [5, 5.41) is 2.33. The Labute approximate surface area is 162 Å². The molecule has 2 aliphatic heterocycles. The molecule has 0 bridgehead atoms. The Balaban J connectivity index is 1.69. The van der Waals surface area contributed by atoms with Crippen LogP contribution in [-0.2, 0) is 10.8 Å². The van der Waals surface area contributed by atoms with Gasteiger partial charge in [0.05, 0.1) is 10.8 Å². The maximum absolute atomic E-state index is 2.45. The number of rotatable bonds is 3. The largest absolute Gasteiger partial charge is 0.284 e. The Bertz CT molecular complexity index is 987. The van der Waals surface area contributed by atoms with Crippen LogP contribution in [0.4, 0.5) is 11.4 Å². The van der Waals surface area contributed by atoms with Crippen LogP contribution >= 0.6 is 0 Å². The molecule has 0 unspecified atom stereocenters. The van der Waals surface area contributed by atoms with E-state index in [2.05, 4.69) is 111 Å². The highest BCUT2D eigenvalue weighted by Crippen LogP contribution is 2.40. The number of hydrogen-bond donors (Lipinski definition) is 1. The summed E-state index contributed by atoms with van der Waals surface area (Å²) in [5.41, 5.74) is 8.36. The monoisotopic (exact) mass is 358 g/mol. The van der Waals surface area contributed by atoms with Crippen LogP contribution in [0.2, 0.25) is 0 Å². The zero-order valence-corrected chi connectivity index (χ0v) is 17.1. The maximum atomic E-state index is 2.45. The summed E-state index contributed by atoms with van der Waals surface area (Å²) in [5.74, 6) is 0. The fraction of sp³-hybridized carbons (Fsp3) is 0.320. The molecule has 0 atom stereocenters. The van der Waals surface area contributed by atoms with E-state index in [-0.39, 0.29) is 10.8 Å². The Hall–Kier alpha value is -2.45. The van der Waals surface area contributed by atoms with Gasteiger partial charge >= 0.3 is 0 Å². The van der Waals surface area contributed by atoms with Crippen molar-refractivity contribution in [3.05, 3.63) is 83.6 Å². The van der Waals surface area contributed by atoms with E-state index in [1.165, 1.54) is 33.9 Å². The Morgan fingerprint density at radius 1 is 0.889 bits per heavy atom. The third kappa shape index (κ3) is 2.71. The normalized spacial score (nSPS) is 21.1. The molecule has 0 saturated heterocycles. The van der Waals surface area contributed by atoms with Gasteiger partial charge in [0.1, 0.15) is 17.9 Å². The lowest BCUT2D eigenvalue weighted by molar-refractivity contribution is -0.515. The van der Waals surface area contributed by atoms with E-state index in [9.17, 15) is 0 Å². The zero-order valence-electron chi connectivity index (χ0n) is 17.1. The Kier molecular flexibility index (Phi) is 4.20. The standard InChI is InChI=1S/C25H28N2/c1-6-27-21-15-10-8-13-19(21)25(4,5)23(27)17-11-16-22-24(2,3)18-12-7-9-14-20(18)26-22/h7-17H,6H2,1-5H3/p+2. The van der Waals surface area contributed by atoms with Crippen molar-refractivity contribution in [1.82, 2.24) is 0 Å². The second-order valence-corrected chi connectivity index (χ2v) is 8.61. The summed E-state index contributed by atoms with van der Waals surface area (Å²) >= 11 is 0. The van der Waals surface area contributed by atoms with E-state index < -0.39 is 0 Å². The summed E-state index contributed by atoms with van der Waals surface area (Å²) in [6.07, 6.45) is 6.84. The first kappa shape index (κ1) is 17.9. The van der Waals surface area contributed by atoms with Crippen LogP contribution in [0.1, 0.15) is 45.7 Å². The molecule has 2 N–H and O–H groups in total. The minimum atomic E-state index is 0.0273. The van der Waals surface area contributed by atoms with Crippen LogP contribution in [0, 0.1) is 0 Å². The molecule has 2 aromatic carbocycles. The molecule has 0 fully saturated rings. The molecule has 0 aliphatic carbocycles. The van der Waals surface area contributed by atoms with Gasteiger partial charge in [-0.1, -0.05) is 42.5 Å². The van der Waals surface area contributed by atoms with Crippen molar-refractivity contribution in [3.63, 3.8) is 0 Å². The van der Waals surface area contributed by atoms with Crippen LogP contribution < -0.4 is 5.32 Å². The van der Waals surface area contributed by atoms with Crippen LogP contribution in [-0.4, -0.2) is 16.8 Å². The molecule has 2 heteroatoms. The lowest BCUT2D eigenvalue weighted by Crippen LogP contribution is -2.75. The Morgan fingerprint density at radius 3 is 2.26 bits per heavy atom. The van der Waals surface area contributed by atoms with E-state index in [4.69, 9.17) is 0 Å². The molecule has 27 heavy (non-hydrogen) atoms. The zero-order chi connectivity index (χ0) is 19.2. The smallest absolute Gasteiger partial charge is 0.209 e. The van der Waals surface area contributed by atoms with Crippen LogP contribution in [0.3, 0.4) is 0 Å². The van der Waals surface area contributed by atoms with Gasteiger partial charge in [-0.25, -0.2) is 0 Å². The van der Waals surface area contributed by atoms with E-state index >= 15 is 0 Å². The van der Waals surface area contributed by atoms with Crippen molar-refractivity contribution < 1.29 is 9.89 Å². The van der Waals surface area contributed by atoms with Gasteiger partial charge in [-0.3, -0.25) is 5.32 Å². The lowest BCUT2D eigenvalue weighted by Gasteiger charge is -2.16. The summed E-state index contributed by atoms with van der Waals surface area (Å²) < 4.78 is 2.45. The highest BCUT2D eigenvalue weighted by Gasteiger charge is 2.43. The van der Waals surface area contributed by atoms with Gasteiger partial charge in [0.2, 0.25) is 5.69 Å². The fourth-order valence-electron chi connectivity index (χ4n) is 4.68. The third-order valence-corrected chi connectivity index (χ3v) is 6.31. The fourth-order valence-corrected chi connectivity index (χ4v) is 4.68. The molecular formula is C25H30N2+2. The van der Waals surface area contributed by atoms with Gasteiger partial charge in [0.15, 0.2) is 5.71 Å². The number of allylic oxidation sites excluding steroid dienone is 4.